The predicted molar refractivity (Wildman–Crippen MR) is 82.2 cm³/mol. The van der Waals surface area contributed by atoms with Gasteiger partial charge in [0.05, 0.1) is 5.92 Å². The molecule has 128 valence electrons. The van der Waals surface area contributed by atoms with Crippen LogP contribution in [-0.2, 0) is 21.6 Å². The number of carbonyl (C=O) groups is 1. The second kappa shape index (κ2) is 6.00. The molecule has 0 saturated heterocycles. The Kier molecular flexibility index (Phi) is 4.15. The number of hydrogen-bond donors (Lipinski definition) is 0. The van der Waals surface area contributed by atoms with Gasteiger partial charge in [0.25, 0.3) is 0 Å². The van der Waals surface area contributed by atoms with Gasteiger partial charge in [0.2, 0.25) is 0 Å². The van der Waals surface area contributed by atoms with Crippen LogP contribution in [0.4, 0.5) is 8.78 Å². The minimum atomic E-state index is -0.623. The number of hydrogen-bond acceptors (Lipinski definition) is 4. The van der Waals surface area contributed by atoms with Crippen LogP contribution in [-0.4, -0.2) is 11.1 Å². The van der Waals surface area contributed by atoms with E-state index in [9.17, 15) is 13.6 Å². The van der Waals surface area contributed by atoms with Crippen molar-refractivity contribution in [3.63, 3.8) is 0 Å². The number of rotatable bonds is 4. The second-order valence-corrected chi connectivity index (χ2v) is 7.12. The first-order valence-corrected chi connectivity index (χ1v) is 7.84. The van der Waals surface area contributed by atoms with Gasteiger partial charge in [-0.05, 0) is 18.6 Å². The first-order valence-electron chi connectivity index (χ1n) is 7.84. The molecule has 0 amide bonds. The fraction of sp³-hybridized carbons (Fsp3) is 0.444. The highest BCUT2D eigenvalue weighted by atomic mass is 19.1. The zero-order valence-electron chi connectivity index (χ0n) is 13.8. The topological polar surface area (TPSA) is 52.3 Å². The molecule has 0 aliphatic heterocycles. The molecule has 1 saturated carbocycles. The Morgan fingerprint density at radius 3 is 2.58 bits per heavy atom. The van der Waals surface area contributed by atoms with E-state index in [1.807, 2.05) is 20.8 Å². The Hall–Kier alpha value is -2.24. The van der Waals surface area contributed by atoms with Gasteiger partial charge < -0.3 is 9.26 Å². The van der Waals surface area contributed by atoms with Crippen molar-refractivity contribution in [3.05, 3.63) is 52.9 Å². The van der Waals surface area contributed by atoms with E-state index in [2.05, 4.69) is 5.16 Å². The van der Waals surface area contributed by atoms with Crippen molar-refractivity contribution in [1.29, 1.82) is 0 Å². The van der Waals surface area contributed by atoms with Crippen molar-refractivity contribution >= 4 is 5.97 Å². The van der Waals surface area contributed by atoms with Crippen molar-refractivity contribution in [3.8, 4) is 0 Å². The Bertz CT molecular complexity index is 744. The average Bonchev–Trinajstić information content (AvgIpc) is 3.11. The standard InChI is InChI=1S/C18H19F2NO3/c1-18(2,3)15-7-10(21-24-15)9-23-17(22)12-8-11(12)16-13(19)5-4-6-14(16)20/h4-7,11-12H,8-9H2,1-3H3. The summed E-state index contributed by atoms with van der Waals surface area (Å²) >= 11 is 0. The quantitative estimate of drug-likeness (QED) is 0.790. The van der Waals surface area contributed by atoms with E-state index in [4.69, 9.17) is 9.26 Å². The molecule has 2 unspecified atom stereocenters. The van der Waals surface area contributed by atoms with E-state index in [1.54, 1.807) is 6.07 Å². The van der Waals surface area contributed by atoms with E-state index >= 15 is 0 Å². The summed E-state index contributed by atoms with van der Waals surface area (Å²) in [5.74, 6) is -1.98. The lowest BCUT2D eigenvalue weighted by Crippen LogP contribution is -2.10. The lowest BCUT2D eigenvalue weighted by Gasteiger charge is -2.12. The summed E-state index contributed by atoms with van der Waals surface area (Å²) in [5, 5.41) is 3.87. The molecule has 0 spiro atoms. The third kappa shape index (κ3) is 3.32. The molecule has 0 bridgehead atoms. The van der Waals surface area contributed by atoms with Gasteiger partial charge in [-0.3, -0.25) is 4.79 Å². The third-order valence-corrected chi connectivity index (χ3v) is 4.12. The Morgan fingerprint density at radius 2 is 2.00 bits per heavy atom. The van der Waals surface area contributed by atoms with Crippen LogP contribution in [0.25, 0.3) is 0 Å². The number of esters is 1. The smallest absolute Gasteiger partial charge is 0.309 e. The number of halogens is 2. The molecule has 1 aromatic heterocycles. The van der Waals surface area contributed by atoms with Crippen molar-refractivity contribution in [2.45, 2.75) is 45.1 Å². The van der Waals surface area contributed by atoms with Crippen LogP contribution >= 0.6 is 0 Å². The molecule has 3 rings (SSSR count). The van der Waals surface area contributed by atoms with E-state index in [0.29, 0.717) is 17.9 Å². The zero-order valence-corrected chi connectivity index (χ0v) is 13.8. The molecular weight excluding hydrogens is 316 g/mol. The zero-order chi connectivity index (χ0) is 17.5. The van der Waals surface area contributed by atoms with Crippen molar-refractivity contribution < 1.29 is 22.8 Å². The van der Waals surface area contributed by atoms with Gasteiger partial charge in [-0.25, -0.2) is 8.78 Å². The maximum Gasteiger partial charge on any atom is 0.309 e. The molecule has 6 heteroatoms. The highest BCUT2D eigenvalue weighted by Gasteiger charge is 2.47. The van der Waals surface area contributed by atoms with Gasteiger partial charge in [-0.15, -0.1) is 0 Å². The summed E-state index contributed by atoms with van der Waals surface area (Å²) in [6.07, 6.45) is 0.392. The van der Waals surface area contributed by atoms with E-state index in [-0.39, 0.29) is 17.6 Å². The molecule has 1 aliphatic rings. The fourth-order valence-corrected chi connectivity index (χ4v) is 2.62. The number of benzene rings is 1. The molecule has 1 fully saturated rings. The third-order valence-electron chi connectivity index (χ3n) is 4.12. The Balaban J connectivity index is 1.59. The molecule has 0 radical (unpaired) electrons. The minimum Gasteiger partial charge on any atom is -0.459 e. The van der Waals surface area contributed by atoms with E-state index < -0.39 is 29.4 Å². The summed E-state index contributed by atoms with van der Waals surface area (Å²) in [7, 11) is 0. The molecule has 1 aliphatic carbocycles. The molecule has 24 heavy (non-hydrogen) atoms. The number of ether oxygens (including phenoxy) is 1. The van der Waals surface area contributed by atoms with Crippen LogP contribution in [0.15, 0.2) is 28.8 Å². The highest BCUT2D eigenvalue weighted by Crippen LogP contribution is 2.49. The molecule has 1 heterocycles. The Morgan fingerprint density at radius 1 is 1.33 bits per heavy atom. The summed E-state index contributed by atoms with van der Waals surface area (Å²) in [5.41, 5.74) is 0.303. The normalized spacial score (nSPS) is 20.0. The van der Waals surface area contributed by atoms with E-state index in [1.165, 1.54) is 18.2 Å². The lowest BCUT2D eigenvalue weighted by atomic mass is 9.93. The molecule has 2 atom stereocenters. The summed E-state index contributed by atoms with van der Waals surface area (Å²) < 4.78 is 37.9. The first-order chi connectivity index (χ1) is 11.3. The van der Waals surface area contributed by atoms with Gasteiger partial charge in [-0.2, -0.15) is 0 Å². The van der Waals surface area contributed by atoms with Gasteiger partial charge >= 0.3 is 5.97 Å². The lowest BCUT2D eigenvalue weighted by molar-refractivity contribution is -0.146. The predicted octanol–water partition coefficient (Wildman–Crippen LogP) is 4.10. The Labute approximate surface area is 138 Å². The number of aromatic nitrogens is 1. The largest absolute Gasteiger partial charge is 0.459 e. The molecule has 0 N–H and O–H groups in total. The summed E-state index contributed by atoms with van der Waals surface area (Å²) in [6, 6.07) is 5.44. The number of carbonyl (C=O) groups excluding carboxylic acids is 1. The average molecular weight is 335 g/mol. The van der Waals surface area contributed by atoms with Gasteiger partial charge in [0, 0.05) is 23.0 Å². The van der Waals surface area contributed by atoms with Crippen LogP contribution in [0.2, 0.25) is 0 Å². The van der Waals surface area contributed by atoms with Gasteiger partial charge in [0.15, 0.2) is 0 Å². The SMILES string of the molecule is CC(C)(C)c1cc(COC(=O)C2CC2c2c(F)cccc2F)no1. The fourth-order valence-electron chi connectivity index (χ4n) is 2.62. The van der Waals surface area contributed by atoms with Crippen molar-refractivity contribution in [1.82, 2.24) is 5.16 Å². The monoisotopic (exact) mass is 335 g/mol. The molecule has 4 nitrogen and oxygen atoms in total. The summed E-state index contributed by atoms with van der Waals surface area (Å²) in [6.45, 7) is 5.95. The van der Waals surface area contributed by atoms with Crippen LogP contribution in [0.1, 0.15) is 50.1 Å². The molecular formula is C18H19F2NO3. The highest BCUT2D eigenvalue weighted by molar-refractivity contribution is 5.77. The molecule has 2 aromatic rings. The molecule has 1 aromatic carbocycles. The maximum atomic E-state index is 13.7. The first kappa shape index (κ1) is 16.6. The van der Waals surface area contributed by atoms with Gasteiger partial charge in [0.1, 0.15) is 29.7 Å². The van der Waals surface area contributed by atoms with E-state index in [0.717, 1.165) is 0 Å². The van der Waals surface area contributed by atoms with Crippen LogP contribution in [0.5, 0.6) is 0 Å². The van der Waals surface area contributed by atoms with Gasteiger partial charge in [-0.1, -0.05) is 32.0 Å². The number of nitrogens with zero attached hydrogens (tertiary/aromatic N) is 1. The summed E-state index contributed by atoms with van der Waals surface area (Å²) in [4.78, 5) is 12.1. The van der Waals surface area contributed by atoms with Crippen LogP contribution < -0.4 is 0 Å². The van der Waals surface area contributed by atoms with Crippen LogP contribution in [0.3, 0.4) is 0 Å². The van der Waals surface area contributed by atoms with Crippen LogP contribution in [0, 0.1) is 17.6 Å². The van der Waals surface area contributed by atoms with Crippen molar-refractivity contribution in [2.24, 2.45) is 5.92 Å². The van der Waals surface area contributed by atoms with Crippen molar-refractivity contribution in [2.75, 3.05) is 0 Å². The minimum absolute atomic E-state index is 0.0125. The second-order valence-electron chi connectivity index (χ2n) is 7.12. The maximum absolute atomic E-state index is 13.7.